The average Bonchev–Trinajstić information content (AvgIpc) is 3.52. The summed E-state index contributed by atoms with van der Waals surface area (Å²) in [6.45, 7) is 0. The number of aliphatic hydroxyl groups is 1. The number of rotatable bonds is 5. The van der Waals surface area contributed by atoms with Crippen LogP contribution in [0.1, 0.15) is 21.5 Å². The molecular weight excluding hydrogens is 424 g/mol. The van der Waals surface area contributed by atoms with E-state index in [0.29, 0.717) is 11.3 Å². The van der Waals surface area contributed by atoms with E-state index in [-0.39, 0.29) is 11.3 Å². The molecule has 0 bridgehead atoms. The lowest BCUT2D eigenvalue weighted by Gasteiger charge is -2.26. The lowest BCUT2D eigenvalue weighted by Crippen LogP contribution is -2.30. The van der Waals surface area contributed by atoms with Gasteiger partial charge in [-0.15, -0.1) is 11.3 Å². The van der Waals surface area contributed by atoms with Gasteiger partial charge in [-0.3, -0.25) is 14.5 Å². The molecule has 3 heterocycles. The number of para-hydroxylation sites is 1. The van der Waals surface area contributed by atoms with Crippen LogP contribution >= 0.6 is 11.3 Å². The summed E-state index contributed by atoms with van der Waals surface area (Å²) in [6.07, 6.45) is 0. The third kappa shape index (κ3) is 3.18. The largest absolute Gasteiger partial charge is 0.503 e. The Morgan fingerprint density at radius 3 is 2.47 bits per heavy atom. The van der Waals surface area contributed by atoms with Crippen molar-refractivity contribution in [2.24, 2.45) is 0 Å². The number of Topliss-reactive ketones (excluding diaryl/α,β-unsaturated/α-hetero) is 1. The first-order valence-electron chi connectivity index (χ1n) is 10.1. The number of thiophene rings is 1. The molecule has 0 fully saturated rings. The molecule has 1 aliphatic rings. The molecule has 1 amide bonds. The lowest BCUT2D eigenvalue weighted by molar-refractivity contribution is -0.117. The van der Waals surface area contributed by atoms with Gasteiger partial charge in [0.25, 0.3) is 5.91 Å². The average molecular weight is 445 g/mol. The highest BCUT2D eigenvalue weighted by molar-refractivity contribution is 7.10. The molecule has 0 aliphatic carbocycles. The highest BCUT2D eigenvalue weighted by Gasteiger charge is 2.45. The molecule has 0 saturated heterocycles. The summed E-state index contributed by atoms with van der Waals surface area (Å²) >= 11 is 1.42. The highest BCUT2D eigenvalue weighted by Crippen LogP contribution is 2.43. The van der Waals surface area contributed by atoms with Crippen LogP contribution in [-0.4, -0.2) is 30.9 Å². The van der Waals surface area contributed by atoms with E-state index in [9.17, 15) is 14.7 Å². The van der Waals surface area contributed by atoms with Gasteiger partial charge >= 0.3 is 0 Å². The number of fused-ring (bicyclic) bond motifs is 1. The van der Waals surface area contributed by atoms with Crippen molar-refractivity contribution in [3.8, 4) is 0 Å². The summed E-state index contributed by atoms with van der Waals surface area (Å²) < 4.78 is 5.75. The van der Waals surface area contributed by atoms with Crippen molar-refractivity contribution in [2.75, 3.05) is 23.9 Å². The number of carbonyl (C=O) groups is 2. The van der Waals surface area contributed by atoms with Gasteiger partial charge in [0, 0.05) is 35.7 Å². The summed E-state index contributed by atoms with van der Waals surface area (Å²) in [5.74, 6) is -1.57. The van der Waals surface area contributed by atoms with Crippen molar-refractivity contribution in [1.29, 1.82) is 0 Å². The minimum Gasteiger partial charge on any atom is -0.503 e. The molecule has 2 aromatic heterocycles. The molecule has 32 heavy (non-hydrogen) atoms. The second kappa shape index (κ2) is 7.69. The molecule has 1 N–H and O–H groups in total. The SMILES string of the molecule is CN(C)c1ccc(N2C(=O)C(O)=C(C(=O)c3cc4ccccc4o3)C2c2cccs2)cc1. The van der Waals surface area contributed by atoms with Gasteiger partial charge in [-0.25, -0.2) is 0 Å². The lowest BCUT2D eigenvalue weighted by atomic mass is 10.00. The number of furan rings is 1. The Hall–Kier alpha value is -3.84. The van der Waals surface area contributed by atoms with Crippen LogP contribution in [0.3, 0.4) is 0 Å². The van der Waals surface area contributed by atoms with Crippen molar-refractivity contribution in [1.82, 2.24) is 0 Å². The molecule has 0 radical (unpaired) electrons. The van der Waals surface area contributed by atoms with Crippen molar-refractivity contribution >= 4 is 45.4 Å². The van der Waals surface area contributed by atoms with Crippen molar-refractivity contribution in [3.05, 3.63) is 94.1 Å². The smallest absolute Gasteiger partial charge is 0.294 e. The molecule has 5 rings (SSSR count). The third-order valence-electron chi connectivity index (χ3n) is 5.56. The summed E-state index contributed by atoms with van der Waals surface area (Å²) in [5, 5.41) is 13.5. The first-order chi connectivity index (χ1) is 15.5. The predicted molar refractivity (Wildman–Crippen MR) is 126 cm³/mol. The fourth-order valence-electron chi connectivity index (χ4n) is 3.96. The van der Waals surface area contributed by atoms with Crippen LogP contribution in [0.25, 0.3) is 11.0 Å². The minimum atomic E-state index is -0.742. The van der Waals surface area contributed by atoms with Crippen LogP contribution in [0.15, 0.2) is 87.9 Å². The van der Waals surface area contributed by atoms with Crippen LogP contribution in [0.5, 0.6) is 0 Å². The summed E-state index contributed by atoms with van der Waals surface area (Å²) in [6, 6.07) is 19.3. The first kappa shape index (κ1) is 20.1. The summed E-state index contributed by atoms with van der Waals surface area (Å²) in [7, 11) is 3.86. The van der Waals surface area contributed by atoms with Crippen LogP contribution in [0.4, 0.5) is 11.4 Å². The molecule has 6 nitrogen and oxygen atoms in total. The molecule has 1 atom stereocenters. The van der Waals surface area contributed by atoms with Crippen LogP contribution < -0.4 is 9.80 Å². The van der Waals surface area contributed by atoms with Crippen LogP contribution in [0, 0.1) is 0 Å². The first-order valence-corrected chi connectivity index (χ1v) is 10.9. The molecule has 2 aromatic carbocycles. The van der Waals surface area contributed by atoms with Crippen molar-refractivity contribution in [3.63, 3.8) is 0 Å². The van der Waals surface area contributed by atoms with Gasteiger partial charge in [0.2, 0.25) is 5.78 Å². The Morgan fingerprint density at radius 1 is 1.06 bits per heavy atom. The van der Waals surface area contributed by atoms with E-state index < -0.39 is 23.5 Å². The maximum Gasteiger partial charge on any atom is 0.294 e. The van der Waals surface area contributed by atoms with Crippen LogP contribution in [-0.2, 0) is 4.79 Å². The second-order valence-corrected chi connectivity index (χ2v) is 8.72. The van der Waals surface area contributed by atoms with Gasteiger partial charge in [0.1, 0.15) is 11.6 Å². The Bertz CT molecular complexity index is 1320. The van der Waals surface area contributed by atoms with Gasteiger partial charge < -0.3 is 14.4 Å². The molecule has 0 spiro atoms. The Kier molecular flexibility index (Phi) is 4.83. The van der Waals surface area contributed by atoms with Gasteiger partial charge in [0.15, 0.2) is 11.5 Å². The third-order valence-corrected chi connectivity index (χ3v) is 6.48. The van der Waals surface area contributed by atoms with Crippen molar-refractivity contribution in [2.45, 2.75) is 6.04 Å². The molecule has 160 valence electrons. The number of hydrogen-bond acceptors (Lipinski definition) is 6. The second-order valence-electron chi connectivity index (χ2n) is 7.74. The number of nitrogens with zero attached hydrogens (tertiary/aromatic N) is 2. The number of hydrogen-bond donors (Lipinski definition) is 1. The molecular formula is C25H20N2O4S. The zero-order valence-corrected chi connectivity index (χ0v) is 18.3. The highest BCUT2D eigenvalue weighted by atomic mass is 32.1. The fourth-order valence-corrected chi connectivity index (χ4v) is 4.78. The molecule has 1 unspecified atom stereocenters. The van der Waals surface area contributed by atoms with Gasteiger partial charge in [-0.05, 0) is 47.8 Å². The minimum absolute atomic E-state index is 0.0215. The number of ketones is 1. The van der Waals surface area contributed by atoms with E-state index in [2.05, 4.69) is 0 Å². The Morgan fingerprint density at radius 2 is 1.81 bits per heavy atom. The van der Waals surface area contributed by atoms with Gasteiger partial charge in [-0.2, -0.15) is 0 Å². The van der Waals surface area contributed by atoms with Gasteiger partial charge in [0.05, 0.1) is 5.57 Å². The quantitative estimate of drug-likeness (QED) is 0.421. The summed E-state index contributed by atoms with van der Waals surface area (Å²) in [4.78, 5) is 30.9. The Labute approximate surface area is 188 Å². The van der Waals surface area contributed by atoms with E-state index >= 15 is 0 Å². The van der Waals surface area contributed by atoms with E-state index in [1.54, 1.807) is 12.1 Å². The number of benzene rings is 2. The topological polar surface area (TPSA) is 74.0 Å². The standard InChI is InChI=1S/C25H20N2O4S/c1-26(2)16-9-11-17(12-10-16)27-22(20-8-5-13-32-20)21(24(29)25(27)30)23(28)19-14-15-6-3-4-7-18(15)31-19/h3-14,22,29H,1-2H3. The number of anilines is 2. The molecule has 7 heteroatoms. The zero-order valence-electron chi connectivity index (χ0n) is 17.5. The number of carbonyl (C=O) groups excluding carboxylic acids is 2. The number of amides is 1. The fraction of sp³-hybridized carbons (Fsp3) is 0.120. The normalized spacial score (nSPS) is 16.2. The van der Waals surface area contributed by atoms with E-state index in [0.717, 1.165) is 16.0 Å². The molecule has 4 aromatic rings. The van der Waals surface area contributed by atoms with E-state index in [4.69, 9.17) is 4.42 Å². The Balaban J connectivity index is 1.61. The maximum absolute atomic E-state index is 13.5. The van der Waals surface area contributed by atoms with Gasteiger partial charge in [-0.1, -0.05) is 24.3 Å². The zero-order chi connectivity index (χ0) is 22.4. The molecule has 0 saturated carbocycles. The number of aliphatic hydroxyl groups excluding tert-OH is 1. The summed E-state index contributed by atoms with van der Waals surface area (Å²) in [5.41, 5.74) is 2.17. The predicted octanol–water partition coefficient (Wildman–Crippen LogP) is 5.34. The van der Waals surface area contributed by atoms with E-state index in [1.165, 1.54) is 16.2 Å². The van der Waals surface area contributed by atoms with E-state index in [1.807, 2.05) is 79.0 Å². The maximum atomic E-state index is 13.5. The molecule has 1 aliphatic heterocycles. The monoisotopic (exact) mass is 444 g/mol. The van der Waals surface area contributed by atoms with Crippen molar-refractivity contribution < 1.29 is 19.1 Å². The van der Waals surface area contributed by atoms with Crippen LogP contribution in [0.2, 0.25) is 0 Å².